The van der Waals surface area contributed by atoms with Gasteiger partial charge in [0, 0.05) is 30.4 Å². The highest BCUT2D eigenvalue weighted by Gasteiger charge is 2.20. The molecular weight excluding hydrogens is 244 g/mol. The molecule has 1 aliphatic rings. The fourth-order valence-corrected chi connectivity index (χ4v) is 2.13. The fourth-order valence-electron chi connectivity index (χ4n) is 2.13. The van der Waals surface area contributed by atoms with Crippen LogP contribution in [0.5, 0.6) is 5.75 Å². The van der Waals surface area contributed by atoms with E-state index in [-0.39, 0.29) is 11.7 Å². The summed E-state index contributed by atoms with van der Waals surface area (Å²) in [5.74, 6) is -0.0452. The van der Waals surface area contributed by atoms with E-state index in [0.29, 0.717) is 24.3 Å². The number of phenols is 1. The molecule has 1 unspecified atom stereocenters. The SMILES string of the molecule is Nc1ccc(O)cc1C=CC(=O)N1CCCC(O)C1. The van der Waals surface area contributed by atoms with E-state index < -0.39 is 6.10 Å². The lowest BCUT2D eigenvalue weighted by Crippen LogP contribution is -2.41. The lowest BCUT2D eigenvalue weighted by molar-refractivity contribution is -0.128. The van der Waals surface area contributed by atoms with Crippen LogP contribution in [0.15, 0.2) is 24.3 Å². The molecule has 19 heavy (non-hydrogen) atoms. The van der Waals surface area contributed by atoms with Gasteiger partial charge in [-0.1, -0.05) is 0 Å². The van der Waals surface area contributed by atoms with Gasteiger partial charge in [-0.15, -0.1) is 0 Å². The second-order valence-corrected chi connectivity index (χ2v) is 4.73. The summed E-state index contributed by atoms with van der Waals surface area (Å²) in [5.41, 5.74) is 6.85. The molecule has 102 valence electrons. The van der Waals surface area contributed by atoms with Crippen molar-refractivity contribution in [2.45, 2.75) is 18.9 Å². The topological polar surface area (TPSA) is 86.8 Å². The first-order chi connectivity index (χ1) is 9.06. The van der Waals surface area contributed by atoms with Gasteiger partial charge in [0.1, 0.15) is 5.75 Å². The van der Waals surface area contributed by atoms with Crippen molar-refractivity contribution in [2.75, 3.05) is 18.8 Å². The number of aliphatic hydroxyl groups is 1. The van der Waals surface area contributed by atoms with Crippen molar-refractivity contribution in [1.29, 1.82) is 0 Å². The summed E-state index contributed by atoms with van der Waals surface area (Å²) in [5, 5.41) is 18.9. The van der Waals surface area contributed by atoms with Crippen LogP contribution in [0.25, 0.3) is 6.08 Å². The number of β-amino-alcohol motifs (C(OH)–C–C–N with tert-alkyl or cyclic N) is 1. The maximum Gasteiger partial charge on any atom is 0.246 e. The van der Waals surface area contributed by atoms with E-state index in [1.165, 1.54) is 18.2 Å². The number of aromatic hydroxyl groups is 1. The molecule has 5 nitrogen and oxygen atoms in total. The molecule has 0 radical (unpaired) electrons. The number of carbonyl (C=O) groups is 1. The third-order valence-electron chi connectivity index (χ3n) is 3.18. The van der Waals surface area contributed by atoms with Gasteiger partial charge in [-0.2, -0.15) is 0 Å². The number of piperidine rings is 1. The average molecular weight is 262 g/mol. The highest BCUT2D eigenvalue weighted by Crippen LogP contribution is 2.20. The van der Waals surface area contributed by atoms with Crippen LogP contribution in [-0.4, -0.2) is 40.2 Å². The molecule has 5 heteroatoms. The average Bonchev–Trinajstić information content (AvgIpc) is 2.39. The van der Waals surface area contributed by atoms with Gasteiger partial charge in [0.15, 0.2) is 0 Å². The zero-order chi connectivity index (χ0) is 13.8. The third-order valence-corrected chi connectivity index (χ3v) is 3.18. The van der Waals surface area contributed by atoms with E-state index in [1.54, 1.807) is 17.0 Å². The Kier molecular flexibility index (Phi) is 4.06. The van der Waals surface area contributed by atoms with Gasteiger partial charge in [0.2, 0.25) is 5.91 Å². The Morgan fingerprint density at radius 3 is 3.00 bits per heavy atom. The van der Waals surface area contributed by atoms with Crippen LogP contribution in [0.4, 0.5) is 5.69 Å². The summed E-state index contributed by atoms with van der Waals surface area (Å²) < 4.78 is 0. The minimum absolute atomic E-state index is 0.106. The summed E-state index contributed by atoms with van der Waals surface area (Å²) in [6.45, 7) is 1.04. The van der Waals surface area contributed by atoms with Crippen LogP contribution in [0.1, 0.15) is 18.4 Å². The predicted octanol–water partition coefficient (Wildman–Crippen LogP) is 0.971. The maximum absolute atomic E-state index is 11.9. The zero-order valence-electron chi connectivity index (χ0n) is 10.6. The minimum Gasteiger partial charge on any atom is -0.508 e. The number of amides is 1. The number of benzene rings is 1. The molecule has 1 aliphatic heterocycles. The van der Waals surface area contributed by atoms with E-state index in [2.05, 4.69) is 0 Å². The van der Waals surface area contributed by atoms with Crippen molar-refractivity contribution >= 4 is 17.7 Å². The van der Waals surface area contributed by atoms with Crippen LogP contribution in [-0.2, 0) is 4.79 Å². The normalized spacial score (nSPS) is 19.8. The Bertz CT molecular complexity index is 499. The largest absolute Gasteiger partial charge is 0.508 e. The van der Waals surface area contributed by atoms with Crippen LogP contribution in [0, 0.1) is 0 Å². The Balaban J connectivity index is 2.05. The van der Waals surface area contributed by atoms with Crippen LogP contribution >= 0.6 is 0 Å². The van der Waals surface area contributed by atoms with Crippen molar-refractivity contribution in [3.8, 4) is 5.75 Å². The molecule has 4 N–H and O–H groups in total. The molecule has 0 spiro atoms. The molecule has 0 aliphatic carbocycles. The lowest BCUT2D eigenvalue weighted by atomic mass is 10.1. The predicted molar refractivity (Wildman–Crippen MR) is 73.4 cm³/mol. The van der Waals surface area contributed by atoms with Gasteiger partial charge < -0.3 is 20.8 Å². The van der Waals surface area contributed by atoms with Crippen LogP contribution in [0.3, 0.4) is 0 Å². The summed E-state index contributed by atoms with van der Waals surface area (Å²) in [6.07, 6.45) is 4.13. The number of phenolic OH excluding ortho intramolecular Hbond substituents is 1. The summed E-state index contributed by atoms with van der Waals surface area (Å²) in [6, 6.07) is 4.59. The fraction of sp³-hybridized carbons (Fsp3) is 0.357. The quantitative estimate of drug-likeness (QED) is 0.421. The molecule has 2 rings (SSSR count). The van der Waals surface area contributed by atoms with Crippen molar-refractivity contribution in [3.63, 3.8) is 0 Å². The monoisotopic (exact) mass is 262 g/mol. The number of nitrogen functional groups attached to an aromatic ring is 1. The number of hydrogen-bond donors (Lipinski definition) is 3. The van der Waals surface area contributed by atoms with Crippen molar-refractivity contribution in [1.82, 2.24) is 4.90 Å². The molecule has 1 fully saturated rings. The molecule has 0 bridgehead atoms. The van der Waals surface area contributed by atoms with Gasteiger partial charge >= 0.3 is 0 Å². The Labute approximate surface area is 112 Å². The summed E-state index contributed by atoms with van der Waals surface area (Å²) >= 11 is 0. The Hall–Kier alpha value is -2.01. The molecule has 1 aromatic carbocycles. The van der Waals surface area contributed by atoms with Gasteiger partial charge in [0.25, 0.3) is 0 Å². The molecular formula is C14H18N2O3. The molecule has 0 saturated carbocycles. The van der Waals surface area contributed by atoms with E-state index >= 15 is 0 Å². The molecule has 1 heterocycles. The Morgan fingerprint density at radius 1 is 1.47 bits per heavy atom. The van der Waals surface area contributed by atoms with Crippen LogP contribution in [0.2, 0.25) is 0 Å². The first kappa shape index (κ1) is 13.4. The third kappa shape index (κ3) is 3.48. The summed E-state index contributed by atoms with van der Waals surface area (Å²) in [7, 11) is 0. The highest BCUT2D eigenvalue weighted by atomic mass is 16.3. The minimum atomic E-state index is -0.433. The molecule has 1 aromatic rings. The van der Waals surface area contributed by atoms with E-state index in [0.717, 1.165) is 12.8 Å². The Morgan fingerprint density at radius 2 is 2.26 bits per heavy atom. The number of hydrogen-bond acceptors (Lipinski definition) is 4. The lowest BCUT2D eigenvalue weighted by Gasteiger charge is -2.29. The van der Waals surface area contributed by atoms with Gasteiger partial charge in [-0.3, -0.25) is 4.79 Å². The number of nitrogens with zero attached hydrogens (tertiary/aromatic N) is 1. The number of nitrogens with two attached hydrogens (primary N) is 1. The summed E-state index contributed by atoms with van der Waals surface area (Å²) in [4.78, 5) is 13.6. The number of aliphatic hydroxyl groups excluding tert-OH is 1. The molecule has 1 saturated heterocycles. The number of carbonyl (C=O) groups excluding carboxylic acids is 1. The maximum atomic E-state index is 11.9. The highest BCUT2D eigenvalue weighted by molar-refractivity contribution is 5.92. The van der Waals surface area contributed by atoms with Crippen LogP contribution < -0.4 is 5.73 Å². The zero-order valence-corrected chi connectivity index (χ0v) is 10.6. The van der Waals surface area contributed by atoms with Crippen molar-refractivity contribution < 1.29 is 15.0 Å². The number of anilines is 1. The molecule has 0 aromatic heterocycles. The van der Waals surface area contributed by atoms with Crippen molar-refractivity contribution in [2.24, 2.45) is 0 Å². The second kappa shape index (κ2) is 5.75. The second-order valence-electron chi connectivity index (χ2n) is 4.73. The van der Waals surface area contributed by atoms with Crippen molar-refractivity contribution in [3.05, 3.63) is 29.8 Å². The van der Waals surface area contributed by atoms with Gasteiger partial charge in [-0.05, 0) is 37.1 Å². The molecule has 1 atom stereocenters. The number of rotatable bonds is 2. The van der Waals surface area contributed by atoms with Gasteiger partial charge in [-0.25, -0.2) is 0 Å². The first-order valence-electron chi connectivity index (χ1n) is 6.30. The van der Waals surface area contributed by atoms with E-state index in [9.17, 15) is 15.0 Å². The smallest absolute Gasteiger partial charge is 0.246 e. The molecule has 1 amide bonds. The van der Waals surface area contributed by atoms with Gasteiger partial charge in [0.05, 0.1) is 6.10 Å². The first-order valence-corrected chi connectivity index (χ1v) is 6.30. The van der Waals surface area contributed by atoms with E-state index in [4.69, 9.17) is 5.73 Å². The standard InChI is InChI=1S/C14H18N2O3/c15-13-5-4-11(17)8-10(13)3-6-14(19)16-7-1-2-12(18)9-16/h3-6,8,12,17-18H,1-2,7,9,15H2. The number of likely N-dealkylation sites (tertiary alicyclic amines) is 1. The van der Waals surface area contributed by atoms with E-state index in [1.807, 2.05) is 0 Å².